The highest BCUT2D eigenvalue weighted by atomic mass is 35.5. The summed E-state index contributed by atoms with van der Waals surface area (Å²) in [5, 5.41) is 5.29. The SMILES string of the molecule is COC(=O)c1ccc(N/N=C(\C)c2ccc(Cl)c(Cl)c2Cl)cc1. The van der Waals surface area contributed by atoms with Crippen molar-refractivity contribution in [3.05, 3.63) is 62.6 Å². The van der Waals surface area contributed by atoms with Crippen molar-refractivity contribution in [1.29, 1.82) is 0 Å². The van der Waals surface area contributed by atoms with E-state index >= 15 is 0 Å². The molecule has 0 spiro atoms. The van der Waals surface area contributed by atoms with E-state index < -0.39 is 0 Å². The third-order valence-corrected chi connectivity index (χ3v) is 4.38. The zero-order valence-electron chi connectivity index (χ0n) is 12.4. The minimum Gasteiger partial charge on any atom is -0.465 e. The molecule has 2 aromatic rings. The average molecular weight is 372 g/mol. The molecule has 0 bridgehead atoms. The van der Waals surface area contributed by atoms with Gasteiger partial charge in [0.1, 0.15) is 0 Å². The van der Waals surface area contributed by atoms with Crippen LogP contribution in [0, 0.1) is 0 Å². The number of hydrogen-bond acceptors (Lipinski definition) is 4. The summed E-state index contributed by atoms with van der Waals surface area (Å²) >= 11 is 18.1. The Bertz CT molecular complexity index is 759. The molecule has 0 atom stereocenters. The predicted octanol–water partition coefficient (Wildman–Crippen LogP) is 5.27. The zero-order valence-corrected chi connectivity index (χ0v) is 14.6. The van der Waals surface area contributed by atoms with Crippen LogP contribution < -0.4 is 5.43 Å². The molecule has 0 unspecified atom stereocenters. The standard InChI is InChI=1S/C16H13Cl3N2O2/c1-9(12-7-8-13(17)15(19)14(12)18)20-21-11-5-3-10(4-6-11)16(22)23-2/h3-8,21H,1-2H3/b20-9+. The van der Waals surface area contributed by atoms with Gasteiger partial charge in [0.05, 0.1) is 39.1 Å². The van der Waals surface area contributed by atoms with E-state index in [-0.39, 0.29) is 5.97 Å². The van der Waals surface area contributed by atoms with Crippen molar-refractivity contribution < 1.29 is 9.53 Å². The second kappa shape index (κ2) is 7.68. The molecule has 0 fully saturated rings. The second-order valence-corrected chi connectivity index (χ2v) is 5.76. The lowest BCUT2D eigenvalue weighted by Crippen LogP contribution is -2.02. The lowest BCUT2D eigenvalue weighted by atomic mass is 10.1. The summed E-state index contributed by atoms with van der Waals surface area (Å²) in [6.07, 6.45) is 0. The number of methoxy groups -OCH3 is 1. The van der Waals surface area contributed by atoms with Gasteiger partial charge in [0.25, 0.3) is 0 Å². The van der Waals surface area contributed by atoms with Gasteiger partial charge in [0, 0.05) is 5.56 Å². The van der Waals surface area contributed by atoms with E-state index in [1.54, 1.807) is 43.3 Å². The number of carbonyl (C=O) groups excluding carboxylic acids is 1. The monoisotopic (exact) mass is 370 g/mol. The maximum atomic E-state index is 11.4. The third-order valence-electron chi connectivity index (χ3n) is 3.08. The lowest BCUT2D eigenvalue weighted by Gasteiger charge is -2.08. The van der Waals surface area contributed by atoms with Crippen molar-refractivity contribution in [1.82, 2.24) is 0 Å². The Morgan fingerprint density at radius 1 is 1.04 bits per heavy atom. The van der Waals surface area contributed by atoms with E-state index in [2.05, 4.69) is 15.3 Å². The molecule has 0 aliphatic carbocycles. The van der Waals surface area contributed by atoms with E-state index in [0.29, 0.717) is 37.6 Å². The Hall–Kier alpha value is -1.75. The first-order chi connectivity index (χ1) is 10.9. The molecule has 0 aromatic heterocycles. The summed E-state index contributed by atoms with van der Waals surface area (Å²) in [5.74, 6) is -0.390. The molecule has 4 nitrogen and oxygen atoms in total. The average Bonchev–Trinajstić information content (AvgIpc) is 2.57. The normalized spacial score (nSPS) is 11.3. The zero-order chi connectivity index (χ0) is 17.0. The number of ether oxygens (including phenoxy) is 1. The molecule has 0 heterocycles. The number of nitrogens with one attached hydrogen (secondary N) is 1. The van der Waals surface area contributed by atoms with Crippen molar-refractivity contribution in [3.8, 4) is 0 Å². The number of esters is 1. The van der Waals surface area contributed by atoms with Crippen LogP contribution >= 0.6 is 34.8 Å². The first-order valence-corrected chi connectivity index (χ1v) is 7.70. The molecule has 0 aliphatic rings. The number of halogens is 3. The van der Waals surface area contributed by atoms with Gasteiger partial charge in [-0.1, -0.05) is 40.9 Å². The topological polar surface area (TPSA) is 50.7 Å². The van der Waals surface area contributed by atoms with E-state index in [1.165, 1.54) is 7.11 Å². The number of nitrogens with zero attached hydrogens (tertiary/aromatic N) is 1. The molecular weight excluding hydrogens is 359 g/mol. The van der Waals surface area contributed by atoms with E-state index in [9.17, 15) is 4.79 Å². The Morgan fingerprint density at radius 2 is 1.70 bits per heavy atom. The molecule has 2 rings (SSSR count). The van der Waals surface area contributed by atoms with Gasteiger partial charge >= 0.3 is 5.97 Å². The van der Waals surface area contributed by atoms with Crippen LogP contribution in [0.4, 0.5) is 5.69 Å². The molecule has 120 valence electrons. The first kappa shape index (κ1) is 17.6. The van der Waals surface area contributed by atoms with Crippen LogP contribution in [-0.4, -0.2) is 18.8 Å². The molecule has 23 heavy (non-hydrogen) atoms. The fourth-order valence-corrected chi connectivity index (χ4v) is 2.48. The van der Waals surface area contributed by atoms with Crippen LogP contribution in [0.2, 0.25) is 15.1 Å². The largest absolute Gasteiger partial charge is 0.465 e. The fraction of sp³-hybridized carbons (Fsp3) is 0.125. The van der Waals surface area contributed by atoms with Gasteiger partial charge in [-0.2, -0.15) is 5.10 Å². The molecule has 1 N–H and O–H groups in total. The molecule has 0 amide bonds. The fourth-order valence-electron chi connectivity index (χ4n) is 1.81. The van der Waals surface area contributed by atoms with Crippen molar-refractivity contribution in [2.24, 2.45) is 5.10 Å². The molecule has 2 aromatic carbocycles. The second-order valence-electron chi connectivity index (χ2n) is 4.60. The van der Waals surface area contributed by atoms with Crippen LogP contribution in [0.25, 0.3) is 0 Å². The highest BCUT2D eigenvalue weighted by Gasteiger charge is 2.11. The summed E-state index contributed by atoms with van der Waals surface area (Å²) in [7, 11) is 1.34. The third kappa shape index (κ3) is 4.16. The van der Waals surface area contributed by atoms with Crippen LogP contribution in [0.5, 0.6) is 0 Å². The molecular formula is C16H13Cl3N2O2. The number of hydrogen-bond donors (Lipinski definition) is 1. The van der Waals surface area contributed by atoms with E-state index in [1.807, 2.05) is 0 Å². The summed E-state index contributed by atoms with van der Waals surface area (Å²) < 4.78 is 4.64. The van der Waals surface area contributed by atoms with Crippen LogP contribution in [-0.2, 0) is 4.74 Å². The maximum absolute atomic E-state index is 11.4. The Labute approximate surface area is 149 Å². The summed E-state index contributed by atoms with van der Waals surface area (Å²) in [4.78, 5) is 11.4. The highest BCUT2D eigenvalue weighted by molar-refractivity contribution is 6.49. The van der Waals surface area contributed by atoms with Crippen molar-refractivity contribution in [3.63, 3.8) is 0 Å². The number of carbonyl (C=O) groups is 1. The Balaban J connectivity index is 2.17. The van der Waals surface area contributed by atoms with Gasteiger partial charge in [-0.25, -0.2) is 4.79 Å². The Kier molecular flexibility index (Phi) is 5.88. The molecule has 0 saturated carbocycles. The van der Waals surface area contributed by atoms with Gasteiger partial charge in [0.15, 0.2) is 0 Å². The number of anilines is 1. The minimum absolute atomic E-state index is 0.294. The van der Waals surface area contributed by atoms with Gasteiger partial charge in [-0.3, -0.25) is 5.43 Å². The van der Waals surface area contributed by atoms with Crippen molar-refractivity contribution in [2.75, 3.05) is 12.5 Å². The first-order valence-electron chi connectivity index (χ1n) is 6.56. The molecule has 0 aliphatic heterocycles. The van der Waals surface area contributed by atoms with Gasteiger partial charge in [-0.15, -0.1) is 0 Å². The highest BCUT2D eigenvalue weighted by Crippen LogP contribution is 2.32. The van der Waals surface area contributed by atoms with Gasteiger partial charge in [-0.05, 0) is 37.3 Å². The van der Waals surface area contributed by atoms with E-state index in [0.717, 1.165) is 0 Å². The molecule has 0 saturated heterocycles. The Morgan fingerprint density at radius 3 is 2.30 bits per heavy atom. The molecule has 0 radical (unpaired) electrons. The van der Waals surface area contributed by atoms with Crippen molar-refractivity contribution >= 4 is 52.2 Å². The lowest BCUT2D eigenvalue weighted by molar-refractivity contribution is 0.0601. The number of rotatable bonds is 4. The molecule has 7 heteroatoms. The smallest absolute Gasteiger partial charge is 0.337 e. The summed E-state index contributed by atoms with van der Waals surface area (Å²) in [6.45, 7) is 1.79. The maximum Gasteiger partial charge on any atom is 0.337 e. The predicted molar refractivity (Wildman–Crippen MR) is 95.1 cm³/mol. The number of hydrazone groups is 1. The van der Waals surface area contributed by atoms with Crippen LogP contribution in [0.1, 0.15) is 22.8 Å². The summed E-state index contributed by atoms with van der Waals surface area (Å²) in [6, 6.07) is 10.1. The number of benzene rings is 2. The van der Waals surface area contributed by atoms with E-state index in [4.69, 9.17) is 34.8 Å². The van der Waals surface area contributed by atoms with Crippen LogP contribution in [0.3, 0.4) is 0 Å². The minimum atomic E-state index is -0.390. The van der Waals surface area contributed by atoms with Gasteiger partial charge in [0.2, 0.25) is 0 Å². The quantitative estimate of drug-likeness (QED) is 0.345. The van der Waals surface area contributed by atoms with Crippen LogP contribution in [0.15, 0.2) is 41.5 Å². The van der Waals surface area contributed by atoms with Gasteiger partial charge < -0.3 is 4.74 Å². The summed E-state index contributed by atoms with van der Waals surface area (Å²) in [5.41, 5.74) is 5.39. The van der Waals surface area contributed by atoms with Crippen molar-refractivity contribution in [2.45, 2.75) is 6.92 Å².